The van der Waals surface area contributed by atoms with E-state index in [0.29, 0.717) is 5.69 Å². The Balaban J connectivity index is 0.00000432. The minimum atomic E-state index is -5.71. The van der Waals surface area contributed by atoms with Crippen LogP contribution in [0.15, 0.2) is 24.3 Å². The molecule has 200 valence electrons. The fourth-order valence-electron chi connectivity index (χ4n) is 3.85. The summed E-state index contributed by atoms with van der Waals surface area (Å²) in [5.74, 6) is -6.17. The number of nitrogens with one attached hydrogen (secondary N) is 1. The number of sulfonamides is 1. The molecule has 1 aromatic rings. The molecule has 2 aliphatic heterocycles. The van der Waals surface area contributed by atoms with Gasteiger partial charge in [-0.05, 0) is 24.3 Å². The molecule has 2 heterocycles. The Hall–Kier alpha value is -1.94. The van der Waals surface area contributed by atoms with Crippen molar-refractivity contribution in [3.63, 3.8) is 0 Å². The number of amides is 1. The molecule has 0 aromatic heterocycles. The summed E-state index contributed by atoms with van der Waals surface area (Å²) in [5, 5.41) is 9.11. The fourth-order valence-corrected chi connectivity index (χ4v) is 5.95. The minimum Gasteiger partial charge on any atom is -0.487 e. The number of piperazine rings is 1. The Bertz CT molecular complexity index is 966. The molecule has 0 unspecified atom stereocenters. The highest BCUT2D eigenvalue weighted by atomic mass is 35.5. The number of ether oxygens (including phenoxy) is 2. The molecule has 3 rings (SSSR count). The normalized spacial score (nSPS) is 19.5. The summed E-state index contributed by atoms with van der Waals surface area (Å²) < 4.78 is 98.4. The van der Waals surface area contributed by atoms with Crippen LogP contribution in [0.5, 0.6) is 5.75 Å². The van der Waals surface area contributed by atoms with Gasteiger partial charge in [-0.15, -0.1) is 12.4 Å². The first-order chi connectivity index (χ1) is 15.8. The predicted octanol–water partition coefficient (Wildman–Crippen LogP) is 2.19. The highest BCUT2D eigenvalue weighted by Crippen LogP contribution is 2.36. The van der Waals surface area contributed by atoms with Crippen LogP contribution in [-0.2, 0) is 19.6 Å². The third kappa shape index (κ3) is 5.90. The van der Waals surface area contributed by atoms with Crippen molar-refractivity contribution < 1.29 is 49.8 Å². The number of rotatable bonds is 7. The van der Waals surface area contributed by atoms with E-state index in [4.69, 9.17) is 9.94 Å². The topological polar surface area (TPSA) is 108 Å². The Morgan fingerprint density at radius 2 is 1.60 bits per heavy atom. The molecule has 2 aliphatic rings. The van der Waals surface area contributed by atoms with E-state index in [2.05, 4.69) is 4.74 Å². The Labute approximate surface area is 204 Å². The number of anilines is 1. The number of nitrogens with zero attached hydrogens (tertiary/aromatic N) is 2. The average molecular weight is 554 g/mol. The van der Waals surface area contributed by atoms with Crippen LogP contribution in [0.2, 0.25) is 0 Å². The molecule has 9 nitrogen and oxygen atoms in total. The molecule has 0 spiro atoms. The molecule has 0 bridgehead atoms. The van der Waals surface area contributed by atoms with Crippen LogP contribution in [0.1, 0.15) is 12.8 Å². The smallest absolute Gasteiger partial charge is 0.456 e. The van der Waals surface area contributed by atoms with E-state index in [1.807, 2.05) is 0 Å². The fraction of sp³-hybridized carbons (Fsp3) is 0.632. The van der Waals surface area contributed by atoms with E-state index in [9.17, 15) is 35.2 Å². The molecule has 0 saturated carbocycles. The Morgan fingerprint density at radius 1 is 1.06 bits per heavy atom. The van der Waals surface area contributed by atoms with Gasteiger partial charge >= 0.3 is 12.1 Å². The van der Waals surface area contributed by atoms with Crippen molar-refractivity contribution in [1.82, 2.24) is 9.79 Å². The number of hydroxylamine groups is 1. The second kappa shape index (κ2) is 11.0. The maximum Gasteiger partial charge on any atom is 0.456 e. The van der Waals surface area contributed by atoms with Gasteiger partial charge < -0.3 is 14.4 Å². The lowest BCUT2D eigenvalue weighted by molar-refractivity contribution is -0.290. The molecule has 0 radical (unpaired) electrons. The first kappa shape index (κ1) is 29.3. The Kier molecular flexibility index (Phi) is 9.19. The van der Waals surface area contributed by atoms with Gasteiger partial charge in [0.05, 0.1) is 0 Å². The molecule has 1 amide bonds. The van der Waals surface area contributed by atoms with Crippen molar-refractivity contribution in [2.45, 2.75) is 29.7 Å². The number of carbonyl (C=O) groups is 1. The van der Waals surface area contributed by atoms with E-state index >= 15 is 0 Å². The lowest BCUT2D eigenvalue weighted by atomic mass is 9.98. The zero-order valence-corrected chi connectivity index (χ0v) is 19.9. The summed E-state index contributed by atoms with van der Waals surface area (Å²) in [4.78, 5) is 14.1. The van der Waals surface area contributed by atoms with Gasteiger partial charge in [0.1, 0.15) is 5.75 Å². The number of alkyl halides is 5. The van der Waals surface area contributed by atoms with Gasteiger partial charge in [0.2, 0.25) is 10.0 Å². The quantitative estimate of drug-likeness (QED) is 0.303. The van der Waals surface area contributed by atoms with Crippen LogP contribution < -0.4 is 15.1 Å². The van der Waals surface area contributed by atoms with Crippen LogP contribution >= 0.6 is 12.4 Å². The average Bonchev–Trinajstić information content (AvgIpc) is 2.82. The summed E-state index contributed by atoms with van der Waals surface area (Å²) >= 11 is 0. The first-order valence-corrected chi connectivity index (χ1v) is 11.7. The van der Waals surface area contributed by atoms with E-state index < -0.39 is 39.4 Å². The molecule has 2 fully saturated rings. The molecule has 2 N–H and O–H groups in total. The van der Waals surface area contributed by atoms with Crippen LogP contribution in [-0.4, -0.2) is 86.7 Å². The van der Waals surface area contributed by atoms with E-state index in [1.54, 1.807) is 4.90 Å². The molecule has 0 atom stereocenters. The second-order valence-corrected chi connectivity index (χ2v) is 10.2. The van der Waals surface area contributed by atoms with Crippen LogP contribution in [0.25, 0.3) is 0 Å². The van der Waals surface area contributed by atoms with Crippen molar-refractivity contribution in [3.05, 3.63) is 24.3 Å². The van der Waals surface area contributed by atoms with Crippen LogP contribution in [0, 0.1) is 0 Å². The number of hydrogen-bond acceptors (Lipinski definition) is 7. The van der Waals surface area contributed by atoms with Gasteiger partial charge in [-0.2, -0.15) is 26.3 Å². The molecule has 16 heteroatoms. The molecule has 1 aromatic carbocycles. The third-order valence-corrected chi connectivity index (χ3v) is 8.55. The first-order valence-electron chi connectivity index (χ1n) is 10.3. The van der Waals surface area contributed by atoms with Gasteiger partial charge in [-0.25, -0.2) is 13.9 Å². The van der Waals surface area contributed by atoms with Gasteiger partial charge in [0.15, 0.2) is 11.4 Å². The van der Waals surface area contributed by atoms with Crippen LogP contribution in [0.4, 0.5) is 27.6 Å². The third-order valence-electron chi connectivity index (χ3n) is 5.92. The predicted molar refractivity (Wildman–Crippen MR) is 116 cm³/mol. The van der Waals surface area contributed by atoms with Crippen molar-refractivity contribution in [1.29, 1.82) is 0 Å². The zero-order valence-electron chi connectivity index (χ0n) is 18.3. The lowest BCUT2D eigenvalue weighted by Gasteiger charge is -2.42. The van der Waals surface area contributed by atoms with Crippen molar-refractivity contribution >= 4 is 34.0 Å². The van der Waals surface area contributed by atoms with Gasteiger partial charge in [0.25, 0.3) is 5.91 Å². The number of halogens is 6. The maximum atomic E-state index is 13.3. The molecule has 0 aliphatic carbocycles. The van der Waals surface area contributed by atoms with Gasteiger partial charge in [-0.1, -0.05) is 0 Å². The zero-order chi connectivity index (χ0) is 25.2. The molecule has 35 heavy (non-hydrogen) atoms. The number of hydrogen-bond donors (Lipinski definition) is 2. The lowest BCUT2D eigenvalue weighted by Crippen LogP contribution is -2.62. The van der Waals surface area contributed by atoms with Crippen molar-refractivity contribution in [3.8, 4) is 5.75 Å². The van der Waals surface area contributed by atoms with Crippen molar-refractivity contribution in [2.24, 2.45) is 0 Å². The van der Waals surface area contributed by atoms with E-state index in [0.717, 1.165) is 0 Å². The molecular formula is C19H25ClF5N3O6S. The summed E-state index contributed by atoms with van der Waals surface area (Å²) in [6.45, 7) is -1.19. The number of benzene rings is 1. The van der Waals surface area contributed by atoms with E-state index in [1.165, 1.54) is 34.1 Å². The highest BCUT2D eigenvalue weighted by Gasteiger charge is 2.58. The largest absolute Gasteiger partial charge is 0.487 e. The summed E-state index contributed by atoms with van der Waals surface area (Å²) in [6, 6.07) is 5.41. The summed E-state index contributed by atoms with van der Waals surface area (Å²) in [5.41, 5.74) is 2.04. The van der Waals surface area contributed by atoms with Gasteiger partial charge in [0, 0.05) is 57.9 Å². The minimum absolute atomic E-state index is 0. The summed E-state index contributed by atoms with van der Waals surface area (Å²) in [6.07, 6.45) is -5.92. The molecular weight excluding hydrogens is 529 g/mol. The SMILES string of the molecule is Cl.O=C(NO)C1(S(=O)(=O)N2CCN(c3ccc(OCC(F)(F)C(F)(F)F)cc3)CC2)CCOCC1. The standard InChI is InChI=1S/C19H24F5N3O6S.ClH/c20-18(21,19(22,23)24)13-33-15-3-1-14(2-4-15)26-7-9-27(10-8-26)34(30,31)17(16(28)25-29)5-11-32-12-6-17;/h1-4,29H,5-13H2,(H,25,28);1H. The second-order valence-electron chi connectivity index (χ2n) is 7.92. The molecule has 2 saturated heterocycles. The summed E-state index contributed by atoms with van der Waals surface area (Å²) in [7, 11) is -4.13. The van der Waals surface area contributed by atoms with Crippen molar-refractivity contribution in [2.75, 3.05) is 50.9 Å². The van der Waals surface area contributed by atoms with Gasteiger partial charge in [-0.3, -0.25) is 10.0 Å². The monoisotopic (exact) mass is 553 g/mol. The maximum absolute atomic E-state index is 13.3. The number of carbonyl (C=O) groups excluding carboxylic acids is 1. The van der Waals surface area contributed by atoms with Crippen LogP contribution in [0.3, 0.4) is 0 Å². The Morgan fingerprint density at radius 3 is 2.09 bits per heavy atom. The highest BCUT2D eigenvalue weighted by molar-refractivity contribution is 7.91. The van der Waals surface area contributed by atoms with E-state index in [-0.39, 0.29) is 70.4 Å².